The van der Waals surface area contributed by atoms with E-state index in [1.807, 2.05) is 0 Å². The summed E-state index contributed by atoms with van der Waals surface area (Å²) in [5.41, 5.74) is 6.33. The number of nitrogens with zero attached hydrogens (tertiary/aromatic N) is 1. The van der Waals surface area contributed by atoms with Crippen LogP contribution in [-0.2, 0) is 10.2 Å². The predicted molar refractivity (Wildman–Crippen MR) is 85.4 cm³/mol. The molecular formula is C14H18ClN3O2S. The van der Waals surface area contributed by atoms with Crippen molar-refractivity contribution in [3.8, 4) is 11.8 Å². The molecule has 0 aliphatic carbocycles. The molecule has 0 unspecified atom stereocenters. The van der Waals surface area contributed by atoms with E-state index in [-0.39, 0.29) is 6.54 Å². The molecule has 1 aliphatic heterocycles. The molecular weight excluding hydrogens is 310 g/mol. The van der Waals surface area contributed by atoms with Crippen LogP contribution in [0.5, 0.6) is 0 Å². The topological polar surface area (TPSA) is 75.4 Å². The second kappa shape index (κ2) is 7.14. The molecule has 0 aromatic heterocycles. The van der Waals surface area contributed by atoms with Gasteiger partial charge in [-0.05, 0) is 31.0 Å². The van der Waals surface area contributed by atoms with Gasteiger partial charge in [-0.2, -0.15) is 12.7 Å². The molecule has 0 amide bonds. The number of hydrogen-bond acceptors (Lipinski definition) is 3. The summed E-state index contributed by atoms with van der Waals surface area (Å²) >= 11 is 6.06. The highest BCUT2D eigenvalue weighted by Crippen LogP contribution is 2.25. The molecule has 0 saturated carbocycles. The van der Waals surface area contributed by atoms with Gasteiger partial charge in [0.25, 0.3) is 0 Å². The third kappa shape index (κ3) is 4.35. The zero-order valence-corrected chi connectivity index (χ0v) is 13.2. The highest BCUT2D eigenvalue weighted by atomic mass is 35.5. The van der Waals surface area contributed by atoms with Crippen molar-refractivity contribution in [2.75, 3.05) is 24.4 Å². The zero-order valence-electron chi connectivity index (χ0n) is 11.6. The second-order valence-electron chi connectivity index (χ2n) is 4.77. The van der Waals surface area contributed by atoms with Crippen LogP contribution < -0.4 is 10.5 Å². The van der Waals surface area contributed by atoms with Gasteiger partial charge in [-0.3, -0.25) is 4.72 Å². The standard InChI is InChI=1S/C14H18ClN3O2S/c15-13-7-6-12(5-4-8-16)11-14(13)17-21(19,20)18-9-2-1-3-10-18/h6-7,11,17H,1-3,8-10,16H2. The van der Waals surface area contributed by atoms with Gasteiger partial charge in [0, 0.05) is 18.7 Å². The van der Waals surface area contributed by atoms with Crippen molar-refractivity contribution < 1.29 is 8.42 Å². The quantitative estimate of drug-likeness (QED) is 0.831. The summed E-state index contributed by atoms with van der Waals surface area (Å²) in [5.74, 6) is 5.58. The van der Waals surface area contributed by atoms with Gasteiger partial charge in [0.1, 0.15) is 0 Å². The predicted octanol–water partition coefficient (Wildman–Crippen LogP) is 1.79. The normalized spacial score (nSPS) is 16.1. The van der Waals surface area contributed by atoms with Crippen LogP contribution in [0.2, 0.25) is 5.02 Å². The lowest BCUT2D eigenvalue weighted by atomic mass is 10.2. The minimum absolute atomic E-state index is 0.247. The summed E-state index contributed by atoms with van der Waals surface area (Å²) in [6, 6.07) is 4.96. The van der Waals surface area contributed by atoms with Crippen LogP contribution in [0.25, 0.3) is 0 Å². The van der Waals surface area contributed by atoms with E-state index in [2.05, 4.69) is 16.6 Å². The number of halogens is 1. The Bertz CT molecular complexity index is 659. The molecule has 5 nitrogen and oxygen atoms in total. The van der Waals surface area contributed by atoms with E-state index in [1.54, 1.807) is 18.2 Å². The number of nitrogens with two attached hydrogens (primary N) is 1. The van der Waals surface area contributed by atoms with Gasteiger partial charge in [0.2, 0.25) is 0 Å². The number of rotatable bonds is 3. The van der Waals surface area contributed by atoms with Crippen molar-refractivity contribution in [3.63, 3.8) is 0 Å². The summed E-state index contributed by atoms with van der Waals surface area (Å²) in [7, 11) is -3.57. The number of hydrogen-bond donors (Lipinski definition) is 2. The Morgan fingerprint density at radius 1 is 1.29 bits per heavy atom. The zero-order chi connectivity index (χ0) is 15.3. The average molecular weight is 328 g/mol. The van der Waals surface area contributed by atoms with Crippen LogP contribution >= 0.6 is 11.6 Å². The fourth-order valence-corrected chi connectivity index (χ4v) is 3.68. The van der Waals surface area contributed by atoms with Crippen LogP contribution in [-0.4, -0.2) is 32.4 Å². The first-order valence-corrected chi connectivity index (χ1v) is 8.61. The van der Waals surface area contributed by atoms with E-state index in [1.165, 1.54) is 4.31 Å². The minimum atomic E-state index is -3.57. The first-order valence-electron chi connectivity index (χ1n) is 6.79. The Hall–Kier alpha value is -1.26. The van der Waals surface area contributed by atoms with Gasteiger partial charge < -0.3 is 5.73 Å². The first kappa shape index (κ1) is 16.1. The van der Waals surface area contributed by atoms with Gasteiger partial charge in [-0.1, -0.05) is 29.9 Å². The van der Waals surface area contributed by atoms with Crippen molar-refractivity contribution in [1.29, 1.82) is 0 Å². The summed E-state index contributed by atoms with van der Waals surface area (Å²) in [6.07, 6.45) is 2.84. The number of nitrogens with one attached hydrogen (secondary N) is 1. The van der Waals surface area contributed by atoms with E-state index in [0.717, 1.165) is 19.3 Å². The van der Waals surface area contributed by atoms with Crippen molar-refractivity contribution >= 4 is 27.5 Å². The maximum atomic E-state index is 12.3. The number of anilines is 1. The summed E-state index contributed by atoms with van der Waals surface area (Å²) in [5, 5.41) is 0.342. The molecule has 0 spiro atoms. The van der Waals surface area contributed by atoms with Crippen LogP contribution in [0.15, 0.2) is 18.2 Å². The molecule has 7 heteroatoms. The van der Waals surface area contributed by atoms with E-state index in [0.29, 0.717) is 29.4 Å². The SMILES string of the molecule is NCC#Cc1ccc(Cl)c(NS(=O)(=O)N2CCCCC2)c1. The maximum Gasteiger partial charge on any atom is 0.301 e. The lowest BCUT2D eigenvalue weighted by Gasteiger charge is -2.26. The minimum Gasteiger partial charge on any atom is -0.320 e. The van der Waals surface area contributed by atoms with Crippen molar-refractivity contribution in [2.45, 2.75) is 19.3 Å². The monoisotopic (exact) mass is 327 g/mol. The number of benzene rings is 1. The molecule has 1 heterocycles. The molecule has 0 bridgehead atoms. The Morgan fingerprint density at radius 2 is 2.00 bits per heavy atom. The van der Waals surface area contributed by atoms with Gasteiger partial charge in [0.15, 0.2) is 0 Å². The van der Waals surface area contributed by atoms with E-state index in [4.69, 9.17) is 17.3 Å². The third-order valence-corrected chi connectivity index (χ3v) is 5.05. The Labute approximate surface area is 130 Å². The highest BCUT2D eigenvalue weighted by Gasteiger charge is 2.24. The van der Waals surface area contributed by atoms with E-state index >= 15 is 0 Å². The van der Waals surface area contributed by atoms with Crippen LogP contribution in [0, 0.1) is 11.8 Å². The van der Waals surface area contributed by atoms with E-state index in [9.17, 15) is 8.42 Å². The molecule has 21 heavy (non-hydrogen) atoms. The van der Waals surface area contributed by atoms with Crippen molar-refractivity contribution in [3.05, 3.63) is 28.8 Å². The maximum absolute atomic E-state index is 12.3. The fourth-order valence-electron chi connectivity index (χ4n) is 2.14. The van der Waals surface area contributed by atoms with Crippen LogP contribution in [0.3, 0.4) is 0 Å². The first-order chi connectivity index (χ1) is 10.0. The molecule has 1 fully saturated rings. The lowest BCUT2D eigenvalue weighted by molar-refractivity contribution is 0.349. The molecule has 1 saturated heterocycles. The van der Waals surface area contributed by atoms with Crippen LogP contribution in [0.4, 0.5) is 5.69 Å². The number of piperidine rings is 1. The summed E-state index contributed by atoms with van der Waals surface area (Å²) in [6.45, 7) is 1.33. The Balaban J connectivity index is 2.21. The van der Waals surface area contributed by atoms with Crippen LogP contribution in [0.1, 0.15) is 24.8 Å². The molecule has 1 aromatic rings. The van der Waals surface area contributed by atoms with Gasteiger partial charge in [-0.25, -0.2) is 0 Å². The third-order valence-electron chi connectivity index (χ3n) is 3.20. The molecule has 3 N–H and O–H groups in total. The lowest BCUT2D eigenvalue weighted by Crippen LogP contribution is -2.39. The average Bonchev–Trinajstić information content (AvgIpc) is 2.49. The summed E-state index contributed by atoms with van der Waals surface area (Å²) in [4.78, 5) is 0. The second-order valence-corrected chi connectivity index (χ2v) is 6.85. The molecule has 1 aromatic carbocycles. The van der Waals surface area contributed by atoms with Gasteiger partial charge in [0.05, 0.1) is 17.3 Å². The molecule has 1 aliphatic rings. The largest absolute Gasteiger partial charge is 0.320 e. The van der Waals surface area contributed by atoms with Gasteiger partial charge in [-0.15, -0.1) is 0 Å². The highest BCUT2D eigenvalue weighted by molar-refractivity contribution is 7.90. The Kier molecular flexibility index (Phi) is 5.48. The van der Waals surface area contributed by atoms with Crippen molar-refractivity contribution in [2.24, 2.45) is 5.73 Å². The molecule has 0 radical (unpaired) electrons. The summed E-state index contributed by atoms with van der Waals surface area (Å²) < 4.78 is 28.7. The van der Waals surface area contributed by atoms with Gasteiger partial charge >= 0.3 is 10.2 Å². The Morgan fingerprint density at radius 3 is 2.67 bits per heavy atom. The molecule has 0 atom stereocenters. The molecule has 114 valence electrons. The smallest absolute Gasteiger partial charge is 0.301 e. The molecule has 2 rings (SSSR count). The fraction of sp³-hybridized carbons (Fsp3) is 0.429. The van der Waals surface area contributed by atoms with Crippen molar-refractivity contribution in [1.82, 2.24) is 4.31 Å². The van der Waals surface area contributed by atoms with E-state index < -0.39 is 10.2 Å².